The summed E-state index contributed by atoms with van der Waals surface area (Å²) in [6.45, 7) is 14.4. The summed E-state index contributed by atoms with van der Waals surface area (Å²) in [6.07, 6.45) is 1.95. The molecule has 0 unspecified atom stereocenters. The van der Waals surface area contributed by atoms with Gasteiger partial charge in [0.15, 0.2) is 0 Å². The second kappa shape index (κ2) is 13.2. The molecule has 4 aliphatic heterocycles. The Hall–Kier alpha value is -3.88. The first-order valence-electron chi connectivity index (χ1n) is 15.8. The van der Waals surface area contributed by atoms with Gasteiger partial charge >= 0.3 is 0 Å². The highest BCUT2D eigenvalue weighted by molar-refractivity contribution is 5.95. The maximum Gasteiger partial charge on any atom is 0.223 e. The van der Waals surface area contributed by atoms with E-state index in [1.807, 2.05) is 9.80 Å². The molecule has 0 aromatic heterocycles. The van der Waals surface area contributed by atoms with Crippen molar-refractivity contribution in [3.63, 3.8) is 0 Å². The quantitative estimate of drug-likeness (QED) is 0.505. The van der Waals surface area contributed by atoms with Gasteiger partial charge in [-0.05, 0) is 59.9 Å². The fourth-order valence-electron chi connectivity index (χ4n) is 6.73. The number of nitrogens with one attached hydrogen (secondary N) is 1. The first kappa shape index (κ1) is 29.2. The van der Waals surface area contributed by atoms with Crippen molar-refractivity contribution in [1.82, 2.24) is 10.2 Å². The standard InChI is InChI=1S/C21H25N3O.C14H19N3O/c1-17(25)24-10-9-19-15-20(7-8-21(19)24)23-13-11-22(12-14-23)16-18-5-3-2-4-6-18;1-11(18)17-7-4-12-2-3-13(10-14(12)17)16-8-5-15-6-9-16/h2-8,15H,9-14,16H2,1H3;2-3,10,15H,4-9H2,1H3. The van der Waals surface area contributed by atoms with Gasteiger partial charge in [-0.15, -0.1) is 0 Å². The molecule has 4 aliphatic rings. The van der Waals surface area contributed by atoms with E-state index >= 15 is 0 Å². The number of benzene rings is 3. The van der Waals surface area contributed by atoms with Crippen LogP contribution in [-0.4, -0.2) is 82.2 Å². The van der Waals surface area contributed by atoms with Gasteiger partial charge in [-0.25, -0.2) is 0 Å². The molecule has 0 atom stereocenters. The van der Waals surface area contributed by atoms with Gasteiger partial charge in [0.2, 0.25) is 11.8 Å². The Morgan fingerprint density at radius 1 is 0.628 bits per heavy atom. The minimum absolute atomic E-state index is 0.140. The number of nitrogens with zero attached hydrogens (tertiary/aromatic N) is 5. The van der Waals surface area contributed by atoms with Crippen LogP contribution in [0.5, 0.6) is 0 Å². The van der Waals surface area contributed by atoms with Crippen LogP contribution in [0, 0.1) is 0 Å². The van der Waals surface area contributed by atoms with Gasteiger partial charge in [0.25, 0.3) is 0 Å². The molecule has 3 aromatic carbocycles. The minimum Gasteiger partial charge on any atom is -0.369 e. The van der Waals surface area contributed by atoms with Crippen LogP contribution in [0.4, 0.5) is 22.7 Å². The number of piperazine rings is 2. The van der Waals surface area contributed by atoms with E-state index < -0.39 is 0 Å². The van der Waals surface area contributed by atoms with E-state index in [4.69, 9.17) is 0 Å². The second-order valence-corrected chi connectivity index (χ2v) is 12.0. The molecule has 226 valence electrons. The van der Waals surface area contributed by atoms with Crippen LogP contribution in [0.15, 0.2) is 66.7 Å². The van der Waals surface area contributed by atoms with Crippen molar-refractivity contribution in [2.45, 2.75) is 33.2 Å². The van der Waals surface area contributed by atoms with Crippen molar-refractivity contribution in [2.75, 3.05) is 85.0 Å². The molecule has 1 N–H and O–H groups in total. The highest BCUT2D eigenvalue weighted by Gasteiger charge is 2.25. The minimum atomic E-state index is 0.140. The molecule has 43 heavy (non-hydrogen) atoms. The molecule has 2 fully saturated rings. The van der Waals surface area contributed by atoms with Crippen LogP contribution in [0.3, 0.4) is 0 Å². The van der Waals surface area contributed by atoms with E-state index in [1.54, 1.807) is 13.8 Å². The van der Waals surface area contributed by atoms with Crippen LogP contribution < -0.4 is 24.9 Å². The van der Waals surface area contributed by atoms with Crippen molar-refractivity contribution in [2.24, 2.45) is 0 Å². The molecule has 0 spiro atoms. The number of anilines is 4. The highest BCUT2D eigenvalue weighted by atomic mass is 16.2. The third kappa shape index (κ3) is 6.71. The summed E-state index contributed by atoms with van der Waals surface area (Å²) in [5.74, 6) is 0.284. The van der Waals surface area contributed by atoms with Gasteiger partial charge < -0.3 is 24.9 Å². The van der Waals surface area contributed by atoms with Crippen LogP contribution in [-0.2, 0) is 29.0 Å². The summed E-state index contributed by atoms with van der Waals surface area (Å²) in [5.41, 5.74) is 8.73. The molecule has 8 nitrogen and oxygen atoms in total. The first-order valence-corrected chi connectivity index (χ1v) is 15.8. The number of carbonyl (C=O) groups is 2. The fourth-order valence-corrected chi connectivity index (χ4v) is 6.73. The number of hydrogen-bond donors (Lipinski definition) is 1. The third-order valence-corrected chi connectivity index (χ3v) is 9.15. The van der Waals surface area contributed by atoms with Gasteiger partial charge in [-0.2, -0.15) is 0 Å². The maximum atomic E-state index is 11.7. The van der Waals surface area contributed by atoms with Gasteiger partial charge in [0, 0.05) is 109 Å². The van der Waals surface area contributed by atoms with Crippen LogP contribution >= 0.6 is 0 Å². The van der Waals surface area contributed by atoms with E-state index in [9.17, 15) is 9.59 Å². The predicted molar refractivity (Wildman–Crippen MR) is 175 cm³/mol. The molecule has 0 bridgehead atoms. The van der Waals surface area contributed by atoms with Gasteiger partial charge in [0.05, 0.1) is 0 Å². The monoisotopic (exact) mass is 580 g/mol. The van der Waals surface area contributed by atoms with Crippen molar-refractivity contribution < 1.29 is 9.59 Å². The molecule has 2 amide bonds. The van der Waals surface area contributed by atoms with Crippen LogP contribution in [0.1, 0.15) is 30.5 Å². The lowest BCUT2D eigenvalue weighted by atomic mass is 10.1. The number of hydrogen-bond acceptors (Lipinski definition) is 6. The molecule has 0 radical (unpaired) electrons. The van der Waals surface area contributed by atoms with Gasteiger partial charge in [-0.1, -0.05) is 36.4 Å². The summed E-state index contributed by atoms with van der Waals surface area (Å²) in [6, 6.07) is 23.8. The smallest absolute Gasteiger partial charge is 0.223 e. The van der Waals surface area contributed by atoms with E-state index in [2.05, 4.69) is 86.7 Å². The van der Waals surface area contributed by atoms with Crippen molar-refractivity contribution in [1.29, 1.82) is 0 Å². The average Bonchev–Trinajstić information content (AvgIpc) is 3.67. The Balaban J connectivity index is 0.000000162. The Kier molecular flexibility index (Phi) is 8.95. The summed E-state index contributed by atoms with van der Waals surface area (Å²) >= 11 is 0. The Morgan fingerprint density at radius 2 is 1.23 bits per heavy atom. The summed E-state index contributed by atoms with van der Waals surface area (Å²) in [5, 5.41) is 3.36. The third-order valence-electron chi connectivity index (χ3n) is 9.15. The zero-order valence-corrected chi connectivity index (χ0v) is 25.6. The molecule has 0 saturated carbocycles. The topological polar surface area (TPSA) is 62.4 Å². The van der Waals surface area contributed by atoms with E-state index in [0.717, 1.165) is 96.2 Å². The largest absolute Gasteiger partial charge is 0.369 e. The molecule has 3 aromatic rings. The lowest BCUT2D eigenvalue weighted by Crippen LogP contribution is -2.46. The number of fused-ring (bicyclic) bond motifs is 2. The number of amides is 2. The van der Waals surface area contributed by atoms with Crippen LogP contribution in [0.2, 0.25) is 0 Å². The Morgan fingerprint density at radius 3 is 1.93 bits per heavy atom. The molecule has 0 aliphatic carbocycles. The predicted octanol–water partition coefficient (Wildman–Crippen LogP) is 3.92. The zero-order valence-electron chi connectivity index (χ0n) is 25.6. The SMILES string of the molecule is CC(=O)N1CCc2cc(N3CCN(Cc4ccccc4)CC3)ccc21.CC(=O)N1CCc2ccc(N3CCNCC3)cc21. The molecular weight excluding hydrogens is 536 g/mol. The number of rotatable bonds is 4. The van der Waals surface area contributed by atoms with Gasteiger partial charge in [0.1, 0.15) is 0 Å². The molecular formula is C35H44N6O2. The van der Waals surface area contributed by atoms with E-state index in [1.165, 1.54) is 28.1 Å². The molecule has 4 heterocycles. The lowest BCUT2D eigenvalue weighted by Gasteiger charge is -2.36. The molecule has 8 heteroatoms. The summed E-state index contributed by atoms with van der Waals surface area (Å²) in [4.78, 5) is 34.4. The zero-order chi connectivity index (χ0) is 29.8. The van der Waals surface area contributed by atoms with Crippen molar-refractivity contribution in [3.05, 3.63) is 83.4 Å². The Labute approximate surface area is 255 Å². The van der Waals surface area contributed by atoms with Crippen LogP contribution in [0.25, 0.3) is 0 Å². The van der Waals surface area contributed by atoms with E-state index in [0.29, 0.717) is 0 Å². The van der Waals surface area contributed by atoms with Crippen molar-refractivity contribution >= 4 is 34.6 Å². The maximum absolute atomic E-state index is 11.7. The molecule has 7 rings (SSSR count). The van der Waals surface area contributed by atoms with Gasteiger partial charge in [-0.3, -0.25) is 14.5 Å². The number of carbonyl (C=O) groups excluding carboxylic acids is 2. The lowest BCUT2D eigenvalue weighted by molar-refractivity contribution is -0.117. The normalized spacial score (nSPS) is 18.2. The first-order chi connectivity index (χ1) is 21.0. The summed E-state index contributed by atoms with van der Waals surface area (Å²) in [7, 11) is 0. The highest BCUT2D eigenvalue weighted by Crippen LogP contribution is 2.33. The second-order valence-electron chi connectivity index (χ2n) is 12.0. The van der Waals surface area contributed by atoms with Crippen molar-refractivity contribution in [3.8, 4) is 0 Å². The average molecular weight is 581 g/mol. The fraction of sp³-hybridized carbons (Fsp3) is 0.429. The molecule has 2 saturated heterocycles. The summed E-state index contributed by atoms with van der Waals surface area (Å²) < 4.78 is 0. The Bertz CT molecular complexity index is 1430. The van der Waals surface area contributed by atoms with E-state index in [-0.39, 0.29) is 11.8 Å².